The number of aromatic nitrogens is 3. The largest absolute Gasteiger partial charge is 0.417 e. The Kier molecular flexibility index (Phi) is 5.06. The molecule has 0 aliphatic carbocycles. The summed E-state index contributed by atoms with van der Waals surface area (Å²) >= 11 is 5.76. The highest BCUT2D eigenvalue weighted by Crippen LogP contribution is 2.42. The molecule has 2 bridgehead atoms. The van der Waals surface area contributed by atoms with Gasteiger partial charge in [0, 0.05) is 31.0 Å². The van der Waals surface area contributed by atoms with E-state index >= 15 is 0 Å². The summed E-state index contributed by atoms with van der Waals surface area (Å²) < 4.78 is 40.0. The number of halogens is 4. The number of nitrogens with zero attached hydrogens (tertiary/aromatic N) is 5. The SMILES string of the molecule is OC(Nc1cnccn1)N1c2nc(-c3ccc(Cl)c(C(F)(F)F)c3)ccc2N2CC[C@H]1C2. The van der Waals surface area contributed by atoms with E-state index in [0.29, 0.717) is 23.9 Å². The highest BCUT2D eigenvalue weighted by molar-refractivity contribution is 6.31. The van der Waals surface area contributed by atoms with Crippen LogP contribution in [0.2, 0.25) is 5.02 Å². The van der Waals surface area contributed by atoms with Crippen molar-refractivity contribution in [2.45, 2.75) is 25.0 Å². The summed E-state index contributed by atoms with van der Waals surface area (Å²) in [5.41, 5.74) is 0.535. The molecular weight excluding hydrogens is 445 g/mol. The Hall–Kier alpha value is -3.11. The van der Waals surface area contributed by atoms with E-state index in [1.165, 1.54) is 30.7 Å². The Labute approximate surface area is 186 Å². The summed E-state index contributed by atoms with van der Waals surface area (Å²) in [6.07, 6.45) is -0.386. The minimum atomic E-state index is -4.57. The molecule has 0 amide bonds. The lowest BCUT2D eigenvalue weighted by molar-refractivity contribution is -0.137. The normalized spacial score (nSPS) is 18.5. The predicted molar refractivity (Wildman–Crippen MR) is 114 cm³/mol. The summed E-state index contributed by atoms with van der Waals surface area (Å²) in [6.45, 7) is 1.51. The molecule has 11 heteroatoms. The lowest BCUT2D eigenvalue weighted by Crippen LogP contribution is -2.51. The van der Waals surface area contributed by atoms with Gasteiger partial charge < -0.3 is 20.2 Å². The Morgan fingerprint density at radius 2 is 2.03 bits per heavy atom. The smallest absolute Gasteiger partial charge is 0.366 e. The van der Waals surface area contributed by atoms with E-state index in [4.69, 9.17) is 11.6 Å². The first-order valence-electron chi connectivity index (χ1n) is 9.93. The summed E-state index contributed by atoms with van der Waals surface area (Å²) in [5.74, 6) is 0.884. The molecule has 0 radical (unpaired) electrons. The van der Waals surface area contributed by atoms with Crippen LogP contribution in [0.1, 0.15) is 12.0 Å². The van der Waals surface area contributed by atoms with Crippen LogP contribution in [0.15, 0.2) is 48.9 Å². The number of anilines is 3. The third kappa shape index (κ3) is 3.69. The summed E-state index contributed by atoms with van der Waals surface area (Å²) in [5, 5.41) is 13.5. The van der Waals surface area contributed by atoms with Crippen LogP contribution < -0.4 is 15.1 Å². The van der Waals surface area contributed by atoms with E-state index in [2.05, 4.69) is 25.2 Å². The van der Waals surface area contributed by atoms with Crippen LogP contribution in [0.3, 0.4) is 0 Å². The third-order valence-electron chi connectivity index (χ3n) is 5.67. The van der Waals surface area contributed by atoms with Gasteiger partial charge in [-0.25, -0.2) is 9.97 Å². The van der Waals surface area contributed by atoms with Gasteiger partial charge in [0.1, 0.15) is 5.82 Å². The fourth-order valence-electron chi connectivity index (χ4n) is 4.19. The second-order valence-electron chi connectivity index (χ2n) is 7.64. The van der Waals surface area contributed by atoms with Crippen LogP contribution in [-0.2, 0) is 6.18 Å². The van der Waals surface area contributed by atoms with Crippen molar-refractivity contribution >= 4 is 28.9 Å². The van der Waals surface area contributed by atoms with Gasteiger partial charge in [0.25, 0.3) is 0 Å². The Morgan fingerprint density at radius 1 is 1.19 bits per heavy atom. The highest BCUT2D eigenvalue weighted by atomic mass is 35.5. The van der Waals surface area contributed by atoms with E-state index in [9.17, 15) is 18.3 Å². The molecule has 4 heterocycles. The number of aliphatic hydroxyl groups excluding tert-OH is 1. The van der Waals surface area contributed by atoms with Crippen LogP contribution in [0, 0.1) is 0 Å². The van der Waals surface area contributed by atoms with Crippen molar-refractivity contribution in [2.75, 3.05) is 28.2 Å². The first-order chi connectivity index (χ1) is 15.3. The van der Waals surface area contributed by atoms with Gasteiger partial charge in [0.15, 0.2) is 5.82 Å². The number of alkyl halides is 3. The molecule has 2 aliphatic heterocycles. The van der Waals surface area contributed by atoms with E-state index < -0.39 is 18.1 Å². The maximum absolute atomic E-state index is 13.3. The molecule has 5 rings (SSSR count). The van der Waals surface area contributed by atoms with Crippen LogP contribution in [-0.4, -0.2) is 45.5 Å². The zero-order chi connectivity index (χ0) is 22.5. The minimum Gasteiger partial charge on any atom is -0.366 e. The van der Waals surface area contributed by atoms with Crippen molar-refractivity contribution in [1.82, 2.24) is 15.0 Å². The maximum atomic E-state index is 13.3. The highest BCUT2D eigenvalue weighted by Gasteiger charge is 2.40. The third-order valence-corrected chi connectivity index (χ3v) is 6.00. The number of benzene rings is 1. The summed E-state index contributed by atoms with van der Waals surface area (Å²) in [7, 11) is 0. The summed E-state index contributed by atoms with van der Waals surface area (Å²) in [4.78, 5) is 16.7. The maximum Gasteiger partial charge on any atom is 0.417 e. The molecular formula is C21H18ClF3N6O. The second-order valence-corrected chi connectivity index (χ2v) is 8.04. The molecule has 1 aromatic carbocycles. The number of fused-ring (bicyclic) bond motifs is 4. The molecule has 1 fully saturated rings. The molecule has 2 atom stereocenters. The lowest BCUT2D eigenvalue weighted by Gasteiger charge is -2.40. The topological polar surface area (TPSA) is 77.4 Å². The Bertz CT molecular complexity index is 1150. The number of aliphatic hydroxyl groups is 1. The predicted octanol–water partition coefficient (Wildman–Crippen LogP) is 4.00. The van der Waals surface area contributed by atoms with Crippen LogP contribution in [0.5, 0.6) is 0 Å². The van der Waals surface area contributed by atoms with Gasteiger partial charge >= 0.3 is 6.18 Å². The van der Waals surface area contributed by atoms with Crippen molar-refractivity contribution in [3.63, 3.8) is 0 Å². The lowest BCUT2D eigenvalue weighted by atomic mass is 10.1. The zero-order valence-corrected chi connectivity index (χ0v) is 17.3. The van der Waals surface area contributed by atoms with Crippen LogP contribution in [0.4, 0.5) is 30.5 Å². The molecule has 1 saturated heterocycles. The average Bonchev–Trinajstić information content (AvgIpc) is 3.18. The molecule has 7 nitrogen and oxygen atoms in total. The van der Waals surface area contributed by atoms with Gasteiger partial charge in [-0.05, 0) is 30.7 Å². The molecule has 1 unspecified atom stereocenters. The molecule has 0 spiro atoms. The standard InChI is InChI=1S/C21H18ClF3N6O/c22-15-2-1-12(9-14(15)21(23,24)25)16-3-4-17-19(28-16)31(13-5-8-30(17)11-13)20(32)29-18-10-26-6-7-27-18/h1-4,6-7,9-10,13,20,32H,5,8,11H2,(H,27,29)/t13-,20?/m0/s1. The second kappa shape index (κ2) is 7.79. The van der Waals surface area contributed by atoms with Gasteiger partial charge in [0.05, 0.1) is 34.2 Å². The van der Waals surface area contributed by atoms with Gasteiger partial charge in [-0.2, -0.15) is 13.2 Å². The quantitative estimate of drug-likeness (QED) is 0.567. The first-order valence-corrected chi connectivity index (χ1v) is 10.3. The van der Waals surface area contributed by atoms with E-state index in [1.807, 2.05) is 6.07 Å². The van der Waals surface area contributed by atoms with Crippen LogP contribution >= 0.6 is 11.6 Å². The number of pyridine rings is 1. The number of nitrogens with one attached hydrogen (secondary N) is 1. The van der Waals surface area contributed by atoms with Crippen LogP contribution in [0.25, 0.3) is 11.3 Å². The molecule has 2 aromatic heterocycles. The Morgan fingerprint density at radius 3 is 2.78 bits per heavy atom. The van der Waals surface area contributed by atoms with E-state index in [0.717, 1.165) is 24.7 Å². The number of hydrogen-bond donors (Lipinski definition) is 2. The number of rotatable bonds is 4. The van der Waals surface area contributed by atoms with E-state index in [-0.39, 0.29) is 16.6 Å². The van der Waals surface area contributed by atoms with Crippen molar-refractivity contribution in [3.8, 4) is 11.3 Å². The fourth-order valence-corrected chi connectivity index (χ4v) is 4.42. The minimum absolute atomic E-state index is 0.0135. The van der Waals surface area contributed by atoms with Crippen molar-refractivity contribution < 1.29 is 18.3 Å². The van der Waals surface area contributed by atoms with E-state index in [1.54, 1.807) is 11.0 Å². The molecule has 2 N–H and O–H groups in total. The molecule has 0 saturated carbocycles. The van der Waals surface area contributed by atoms with Crippen molar-refractivity contribution in [1.29, 1.82) is 0 Å². The van der Waals surface area contributed by atoms with Gasteiger partial charge in [-0.3, -0.25) is 4.98 Å². The molecule has 3 aromatic rings. The Balaban J connectivity index is 1.54. The fraction of sp³-hybridized carbons (Fsp3) is 0.286. The summed E-state index contributed by atoms with van der Waals surface area (Å²) in [6, 6.07) is 7.21. The van der Waals surface area contributed by atoms with Gasteiger partial charge in [0.2, 0.25) is 6.35 Å². The average molecular weight is 463 g/mol. The van der Waals surface area contributed by atoms with Crippen molar-refractivity contribution in [2.24, 2.45) is 0 Å². The van der Waals surface area contributed by atoms with Gasteiger partial charge in [-0.15, -0.1) is 0 Å². The first kappa shape index (κ1) is 20.8. The van der Waals surface area contributed by atoms with Gasteiger partial charge in [-0.1, -0.05) is 17.7 Å². The zero-order valence-electron chi connectivity index (χ0n) is 16.6. The van der Waals surface area contributed by atoms with Crippen molar-refractivity contribution in [3.05, 3.63) is 59.5 Å². The monoisotopic (exact) mass is 462 g/mol. The molecule has 2 aliphatic rings. The number of hydrogen-bond acceptors (Lipinski definition) is 7. The molecule has 32 heavy (non-hydrogen) atoms. The molecule has 166 valence electrons.